The molecular weight excluding hydrogens is 444 g/mol. The Morgan fingerprint density at radius 2 is 1.92 bits per heavy atom. The number of hydrogen-bond donors (Lipinski definition) is 1. The van der Waals surface area contributed by atoms with E-state index in [1.165, 1.54) is 11.1 Å². The van der Waals surface area contributed by atoms with Crippen LogP contribution in [0.2, 0.25) is 0 Å². The van der Waals surface area contributed by atoms with Crippen LogP contribution in [-0.2, 0) is 13.0 Å². The van der Waals surface area contributed by atoms with E-state index in [1.54, 1.807) is 13.3 Å². The highest BCUT2D eigenvalue weighted by Gasteiger charge is 2.20. The second kappa shape index (κ2) is 14.5. The van der Waals surface area contributed by atoms with Gasteiger partial charge in [0.15, 0.2) is 0 Å². The number of rotatable bonds is 13. The van der Waals surface area contributed by atoms with Crippen molar-refractivity contribution in [3.63, 3.8) is 0 Å². The average Bonchev–Trinajstić information content (AvgIpc) is 2.90. The van der Waals surface area contributed by atoms with Crippen LogP contribution < -0.4 is 15.0 Å². The van der Waals surface area contributed by atoms with Crippen molar-refractivity contribution in [1.82, 2.24) is 9.97 Å². The molecule has 2 aromatic rings. The molecule has 0 aliphatic rings. The molecule has 0 amide bonds. The maximum absolute atomic E-state index is 5.49. The third-order valence-electron chi connectivity index (χ3n) is 6.84. The van der Waals surface area contributed by atoms with Crippen molar-refractivity contribution in [2.75, 3.05) is 24.4 Å². The molecule has 0 radical (unpaired) electrons. The number of anilines is 2. The fraction of sp³-hybridized carbons (Fsp3) is 0.484. The van der Waals surface area contributed by atoms with Crippen LogP contribution in [0.25, 0.3) is 5.57 Å². The monoisotopic (exact) mass is 490 g/mol. The summed E-state index contributed by atoms with van der Waals surface area (Å²) < 4.78 is 5.49. The van der Waals surface area contributed by atoms with Crippen molar-refractivity contribution >= 4 is 16.9 Å². The summed E-state index contributed by atoms with van der Waals surface area (Å²) in [5.41, 5.74) is 7.90. The van der Waals surface area contributed by atoms with Crippen molar-refractivity contribution in [1.29, 1.82) is 0 Å². The van der Waals surface area contributed by atoms with Crippen molar-refractivity contribution < 1.29 is 4.74 Å². The predicted molar refractivity (Wildman–Crippen MR) is 156 cm³/mol. The Balaban J connectivity index is 2.70. The molecule has 5 nitrogen and oxygen atoms in total. The predicted octanol–water partition coefficient (Wildman–Crippen LogP) is 7.85. The zero-order valence-electron chi connectivity index (χ0n) is 23.9. The number of nitrogens with one attached hydrogen (secondary N) is 1. The SMILES string of the molecule is CC/C=C/C=C\C(=C(/C)C(C)CC)c1cc(NCc2cccnc2OC)c(N(C)C(C)C)c(CC)n1. The van der Waals surface area contributed by atoms with Gasteiger partial charge in [0.25, 0.3) is 0 Å². The minimum atomic E-state index is 0.340. The van der Waals surface area contributed by atoms with Crippen LogP contribution in [0.1, 0.15) is 78.3 Å². The molecule has 1 N–H and O–H groups in total. The maximum atomic E-state index is 5.49. The molecule has 0 saturated carbocycles. The molecule has 0 spiro atoms. The fourth-order valence-corrected chi connectivity index (χ4v) is 4.05. The van der Waals surface area contributed by atoms with Gasteiger partial charge in [-0.05, 0) is 63.7 Å². The van der Waals surface area contributed by atoms with Gasteiger partial charge in [0.2, 0.25) is 5.88 Å². The van der Waals surface area contributed by atoms with Gasteiger partial charge in [-0.3, -0.25) is 4.98 Å². The lowest BCUT2D eigenvalue weighted by Crippen LogP contribution is -2.28. The second-order valence-corrected chi connectivity index (χ2v) is 9.54. The van der Waals surface area contributed by atoms with Crippen LogP contribution >= 0.6 is 0 Å². The molecule has 196 valence electrons. The first-order valence-corrected chi connectivity index (χ1v) is 13.3. The first-order valence-electron chi connectivity index (χ1n) is 13.3. The molecular formula is C31H46N4O. The topological polar surface area (TPSA) is 50.3 Å². The Bertz CT molecular complexity index is 1070. The van der Waals surface area contributed by atoms with Gasteiger partial charge in [-0.25, -0.2) is 4.98 Å². The van der Waals surface area contributed by atoms with Crippen LogP contribution in [0.5, 0.6) is 5.88 Å². The smallest absolute Gasteiger partial charge is 0.218 e. The normalized spacial score (nSPS) is 13.4. The number of pyridine rings is 2. The van der Waals surface area contributed by atoms with E-state index in [4.69, 9.17) is 9.72 Å². The van der Waals surface area contributed by atoms with E-state index in [1.807, 2.05) is 6.07 Å². The van der Waals surface area contributed by atoms with Crippen LogP contribution in [0, 0.1) is 5.92 Å². The fourth-order valence-electron chi connectivity index (χ4n) is 4.05. The Hall–Kier alpha value is -3.08. The van der Waals surface area contributed by atoms with Crippen molar-refractivity contribution in [3.05, 3.63) is 71.2 Å². The third-order valence-corrected chi connectivity index (χ3v) is 6.84. The molecule has 2 rings (SSSR count). The molecule has 0 aromatic carbocycles. The molecule has 2 aromatic heterocycles. The molecule has 36 heavy (non-hydrogen) atoms. The van der Waals surface area contributed by atoms with Crippen molar-refractivity contribution in [2.45, 2.75) is 80.3 Å². The maximum Gasteiger partial charge on any atom is 0.218 e. The van der Waals surface area contributed by atoms with Gasteiger partial charge in [-0.2, -0.15) is 0 Å². The lowest BCUT2D eigenvalue weighted by Gasteiger charge is -2.29. The highest BCUT2D eigenvalue weighted by Crippen LogP contribution is 2.36. The summed E-state index contributed by atoms with van der Waals surface area (Å²) in [5.74, 6) is 1.12. The van der Waals surface area contributed by atoms with Gasteiger partial charge in [0.05, 0.1) is 29.9 Å². The van der Waals surface area contributed by atoms with Gasteiger partial charge in [0.1, 0.15) is 0 Å². The minimum Gasteiger partial charge on any atom is -0.481 e. The van der Waals surface area contributed by atoms with E-state index in [2.05, 4.69) is 107 Å². The Morgan fingerprint density at radius 3 is 2.53 bits per heavy atom. The summed E-state index contributed by atoms with van der Waals surface area (Å²) in [5, 5.41) is 3.71. The molecule has 1 atom stereocenters. The van der Waals surface area contributed by atoms with E-state index in [-0.39, 0.29) is 0 Å². The number of aryl methyl sites for hydroxylation is 1. The van der Waals surface area contributed by atoms with Crippen molar-refractivity contribution in [2.24, 2.45) is 5.92 Å². The second-order valence-electron chi connectivity index (χ2n) is 9.54. The Kier molecular flexibility index (Phi) is 11.7. The average molecular weight is 491 g/mol. The van der Waals surface area contributed by atoms with Crippen LogP contribution in [0.15, 0.2) is 54.3 Å². The number of hydrogen-bond acceptors (Lipinski definition) is 5. The van der Waals surface area contributed by atoms with Gasteiger partial charge < -0.3 is 15.0 Å². The van der Waals surface area contributed by atoms with E-state index in [9.17, 15) is 0 Å². The van der Waals surface area contributed by atoms with Gasteiger partial charge in [-0.15, -0.1) is 0 Å². The Morgan fingerprint density at radius 1 is 1.17 bits per heavy atom. The standard InChI is InChI=1S/C31H46N4O/c1-10-13-14-15-18-26(24(7)23(6)11-2)28-20-29(30(27(12-3)34-28)35(8)22(4)5)33-21-25-17-16-19-32-31(25)36-9/h13-20,22-23H,10-12,21H2,1-9H3,(H,33,34)/b14-13+,18-15-,26-24-. The molecule has 2 heterocycles. The molecule has 0 aliphatic carbocycles. The Labute approximate surface area is 219 Å². The summed E-state index contributed by atoms with van der Waals surface area (Å²) >= 11 is 0. The zero-order valence-corrected chi connectivity index (χ0v) is 23.9. The van der Waals surface area contributed by atoms with E-state index in [0.717, 1.165) is 47.6 Å². The molecule has 0 bridgehead atoms. The molecule has 0 saturated heterocycles. The number of nitrogens with zero attached hydrogens (tertiary/aromatic N) is 3. The summed E-state index contributed by atoms with van der Waals surface area (Å²) in [6.07, 6.45) is 13.4. The first kappa shape index (κ1) is 29.2. The largest absolute Gasteiger partial charge is 0.481 e. The quantitative estimate of drug-likeness (QED) is 0.290. The van der Waals surface area contributed by atoms with E-state index >= 15 is 0 Å². The molecule has 5 heteroatoms. The summed E-state index contributed by atoms with van der Waals surface area (Å²) in [7, 11) is 3.81. The molecule has 1 unspecified atom stereocenters. The van der Waals surface area contributed by atoms with E-state index in [0.29, 0.717) is 24.4 Å². The zero-order chi connectivity index (χ0) is 26.7. The summed E-state index contributed by atoms with van der Waals surface area (Å²) in [6.45, 7) is 16.1. The third kappa shape index (κ3) is 7.46. The number of allylic oxidation sites excluding steroid dienone is 6. The number of ether oxygens (including phenoxy) is 1. The van der Waals surface area contributed by atoms with Crippen LogP contribution in [-0.4, -0.2) is 30.2 Å². The summed E-state index contributed by atoms with van der Waals surface area (Å²) in [6, 6.07) is 6.55. The van der Waals surface area contributed by atoms with E-state index < -0.39 is 0 Å². The number of aromatic nitrogens is 2. The van der Waals surface area contributed by atoms with Gasteiger partial charge in [-0.1, -0.05) is 63.6 Å². The van der Waals surface area contributed by atoms with Crippen LogP contribution in [0.4, 0.5) is 11.4 Å². The lowest BCUT2D eigenvalue weighted by molar-refractivity contribution is 0.393. The van der Waals surface area contributed by atoms with Crippen LogP contribution in [0.3, 0.4) is 0 Å². The lowest BCUT2D eigenvalue weighted by atomic mass is 9.92. The summed E-state index contributed by atoms with van der Waals surface area (Å²) in [4.78, 5) is 11.9. The van der Waals surface area contributed by atoms with Gasteiger partial charge >= 0.3 is 0 Å². The first-order chi connectivity index (χ1) is 17.3. The highest BCUT2D eigenvalue weighted by molar-refractivity contribution is 5.82. The molecule has 0 fully saturated rings. The minimum absolute atomic E-state index is 0.340. The molecule has 0 aliphatic heterocycles. The van der Waals surface area contributed by atoms with Crippen molar-refractivity contribution in [3.8, 4) is 5.88 Å². The number of methoxy groups -OCH3 is 1. The highest BCUT2D eigenvalue weighted by atomic mass is 16.5. The van der Waals surface area contributed by atoms with Gasteiger partial charge in [0, 0.05) is 31.4 Å².